The SMILES string of the molecule is O=C1[C@@H](O)[C@@H](O)[C@H]2c3ccccc3CCN12. The number of aliphatic hydroxyl groups excluding tert-OH is 2. The molecule has 1 aromatic carbocycles. The molecule has 1 aromatic rings. The molecule has 2 heterocycles. The summed E-state index contributed by atoms with van der Waals surface area (Å²) >= 11 is 0. The number of hydrogen-bond acceptors (Lipinski definition) is 3. The number of benzene rings is 1. The van der Waals surface area contributed by atoms with E-state index in [4.69, 9.17) is 0 Å². The summed E-state index contributed by atoms with van der Waals surface area (Å²) in [6.07, 6.45) is -1.48. The molecule has 2 N–H and O–H groups in total. The minimum absolute atomic E-state index is 0.355. The van der Waals surface area contributed by atoms with Crippen molar-refractivity contribution in [3.05, 3.63) is 35.4 Å². The molecule has 0 unspecified atom stereocenters. The maximum atomic E-state index is 11.7. The third-order valence-corrected chi connectivity index (χ3v) is 3.51. The van der Waals surface area contributed by atoms with Crippen LogP contribution >= 0.6 is 0 Å². The molecular formula is C12H13NO3. The monoisotopic (exact) mass is 219 g/mol. The molecular weight excluding hydrogens is 206 g/mol. The van der Waals surface area contributed by atoms with E-state index in [1.165, 1.54) is 0 Å². The van der Waals surface area contributed by atoms with E-state index >= 15 is 0 Å². The fourth-order valence-electron chi connectivity index (χ4n) is 2.70. The molecule has 2 aliphatic heterocycles. The van der Waals surface area contributed by atoms with Crippen molar-refractivity contribution in [2.75, 3.05) is 6.54 Å². The lowest BCUT2D eigenvalue weighted by molar-refractivity contribution is -0.136. The van der Waals surface area contributed by atoms with Crippen molar-refractivity contribution >= 4 is 5.91 Å². The van der Waals surface area contributed by atoms with Crippen molar-refractivity contribution in [2.24, 2.45) is 0 Å². The van der Waals surface area contributed by atoms with Gasteiger partial charge in [-0.15, -0.1) is 0 Å². The summed E-state index contributed by atoms with van der Waals surface area (Å²) in [6.45, 7) is 0.578. The zero-order valence-corrected chi connectivity index (χ0v) is 8.71. The second-order valence-corrected chi connectivity index (χ2v) is 4.36. The molecule has 0 saturated carbocycles. The number of fused-ring (bicyclic) bond motifs is 3. The van der Waals surface area contributed by atoms with Gasteiger partial charge in [0.05, 0.1) is 6.04 Å². The van der Waals surface area contributed by atoms with E-state index in [9.17, 15) is 15.0 Å². The van der Waals surface area contributed by atoms with Crippen LogP contribution in [-0.2, 0) is 11.2 Å². The van der Waals surface area contributed by atoms with Crippen molar-refractivity contribution in [1.82, 2.24) is 4.90 Å². The van der Waals surface area contributed by atoms with Gasteiger partial charge in [-0.2, -0.15) is 0 Å². The Labute approximate surface area is 93.1 Å². The van der Waals surface area contributed by atoms with E-state index in [1.807, 2.05) is 24.3 Å². The lowest BCUT2D eigenvalue weighted by Gasteiger charge is -2.32. The number of aliphatic hydroxyl groups is 2. The number of carbonyl (C=O) groups excluding carboxylic acids is 1. The average molecular weight is 219 g/mol. The highest BCUT2D eigenvalue weighted by Crippen LogP contribution is 2.38. The fourth-order valence-corrected chi connectivity index (χ4v) is 2.70. The smallest absolute Gasteiger partial charge is 0.254 e. The molecule has 16 heavy (non-hydrogen) atoms. The van der Waals surface area contributed by atoms with Crippen LogP contribution in [0.15, 0.2) is 24.3 Å². The highest BCUT2D eigenvalue weighted by atomic mass is 16.3. The predicted molar refractivity (Wildman–Crippen MR) is 56.6 cm³/mol. The first kappa shape index (κ1) is 9.81. The summed E-state index contributed by atoms with van der Waals surface area (Å²) in [4.78, 5) is 13.3. The maximum absolute atomic E-state index is 11.7. The van der Waals surface area contributed by atoms with Gasteiger partial charge >= 0.3 is 0 Å². The Kier molecular flexibility index (Phi) is 2.02. The first-order chi connectivity index (χ1) is 7.70. The van der Waals surface area contributed by atoms with E-state index in [-0.39, 0.29) is 11.9 Å². The van der Waals surface area contributed by atoms with Crippen LogP contribution in [0.25, 0.3) is 0 Å². The Morgan fingerprint density at radius 2 is 2.00 bits per heavy atom. The van der Waals surface area contributed by atoms with Crippen LogP contribution in [-0.4, -0.2) is 39.8 Å². The molecule has 4 heteroatoms. The van der Waals surface area contributed by atoms with Crippen LogP contribution < -0.4 is 0 Å². The molecule has 0 bridgehead atoms. The number of carbonyl (C=O) groups is 1. The van der Waals surface area contributed by atoms with Gasteiger partial charge in [0.1, 0.15) is 6.10 Å². The molecule has 3 rings (SSSR count). The summed E-state index contributed by atoms with van der Waals surface area (Å²) in [6, 6.07) is 7.40. The standard InChI is InChI=1S/C12H13NO3/c14-10-9-8-4-2-1-3-7(8)5-6-13(9)12(16)11(10)15/h1-4,9-11,14-15H,5-6H2/t9-,10+,11+/m1/s1. The van der Waals surface area contributed by atoms with E-state index in [0.717, 1.165) is 17.5 Å². The molecule has 0 aromatic heterocycles. The first-order valence-electron chi connectivity index (χ1n) is 5.44. The van der Waals surface area contributed by atoms with Crippen molar-refractivity contribution < 1.29 is 15.0 Å². The summed E-state index contributed by atoms with van der Waals surface area (Å²) < 4.78 is 0. The summed E-state index contributed by atoms with van der Waals surface area (Å²) in [7, 11) is 0. The second-order valence-electron chi connectivity index (χ2n) is 4.36. The summed E-state index contributed by atoms with van der Waals surface area (Å²) in [5.41, 5.74) is 2.12. The van der Waals surface area contributed by atoms with Gasteiger partial charge < -0.3 is 15.1 Å². The Bertz CT molecular complexity index is 446. The van der Waals surface area contributed by atoms with Crippen LogP contribution in [0.3, 0.4) is 0 Å². The van der Waals surface area contributed by atoms with Crippen molar-refractivity contribution in [3.63, 3.8) is 0 Å². The van der Waals surface area contributed by atoms with Gasteiger partial charge in [0.15, 0.2) is 6.10 Å². The Balaban J connectivity index is 2.10. The van der Waals surface area contributed by atoms with E-state index < -0.39 is 12.2 Å². The molecule has 0 spiro atoms. The summed E-state index contributed by atoms with van der Waals surface area (Å²) in [5, 5.41) is 19.5. The Morgan fingerprint density at radius 1 is 1.25 bits per heavy atom. The topological polar surface area (TPSA) is 60.8 Å². The predicted octanol–water partition coefficient (Wildman–Crippen LogP) is -0.152. The van der Waals surface area contributed by atoms with Gasteiger partial charge in [-0.25, -0.2) is 0 Å². The molecule has 84 valence electrons. The number of nitrogens with zero attached hydrogens (tertiary/aromatic N) is 1. The first-order valence-corrected chi connectivity index (χ1v) is 5.44. The number of amides is 1. The van der Waals surface area contributed by atoms with Crippen molar-refractivity contribution in [1.29, 1.82) is 0 Å². The van der Waals surface area contributed by atoms with Crippen LogP contribution in [0.5, 0.6) is 0 Å². The highest BCUT2D eigenvalue weighted by Gasteiger charge is 2.48. The van der Waals surface area contributed by atoms with Crippen LogP contribution in [0, 0.1) is 0 Å². The van der Waals surface area contributed by atoms with Gasteiger partial charge in [-0.1, -0.05) is 24.3 Å². The molecule has 4 nitrogen and oxygen atoms in total. The number of rotatable bonds is 0. The Morgan fingerprint density at radius 3 is 2.81 bits per heavy atom. The van der Waals surface area contributed by atoms with Gasteiger partial charge in [0.2, 0.25) is 0 Å². The zero-order valence-electron chi connectivity index (χ0n) is 8.71. The van der Waals surface area contributed by atoms with Crippen LogP contribution in [0.4, 0.5) is 0 Å². The number of hydrogen-bond donors (Lipinski definition) is 2. The third-order valence-electron chi connectivity index (χ3n) is 3.51. The highest BCUT2D eigenvalue weighted by molar-refractivity contribution is 5.85. The Hall–Kier alpha value is -1.39. The van der Waals surface area contributed by atoms with Gasteiger partial charge in [0, 0.05) is 6.54 Å². The van der Waals surface area contributed by atoms with Crippen molar-refractivity contribution in [3.8, 4) is 0 Å². The molecule has 1 amide bonds. The molecule has 1 fully saturated rings. The van der Waals surface area contributed by atoms with E-state index in [0.29, 0.717) is 6.54 Å². The normalized spacial score (nSPS) is 32.5. The van der Waals surface area contributed by atoms with Gasteiger partial charge in [0.25, 0.3) is 5.91 Å². The van der Waals surface area contributed by atoms with Gasteiger partial charge in [-0.3, -0.25) is 4.79 Å². The second kappa shape index (κ2) is 3.30. The lowest BCUT2D eigenvalue weighted by Crippen LogP contribution is -2.36. The van der Waals surface area contributed by atoms with Crippen LogP contribution in [0.2, 0.25) is 0 Å². The largest absolute Gasteiger partial charge is 0.387 e. The van der Waals surface area contributed by atoms with Crippen molar-refractivity contribution in [2.45, 2.75) is 24.7 Å². The third kappa shape index (κ3) is 1.14. The quantitative estimate of drug-likeness (QED) is 0.638. The lowest BCUT2D eigenvalue weighted by atomic mass is 9.91. The molecule has 0 aliphatic carbocycles. The van der Waals surface area contributed by atoms with Gasteiger partial charge in [-0.05, 0) is 17.5 Å². The van der Waals surface area contributed by atoms with E-state index in [2.05, 4.69) is 0 Å². The molecule has 2 aliphatic rings. The molecule has 3 atom stereocenters. The average Bonchev–Trinajstić information content (AvgIpc) is 2.55. The summed E-state index contributed by atoms with van der Waals surface area (Å²) in [5.74, 6) is -0.355. The molecule has 1 saturated heterocycles. The van der Waals surface area contributed by atoms with E-state index in [1.54, 1.807) is 4.90 Å². The minimum atomic E-state index is -1.27. The zero-order chi connectivity index (χ0) is 11.3. The van der Waals surface area contributed by atoms with Crippen LogP contribution in [0.1, 0.15) is 17.2 Å². The minimum Gasteiger partial charge on any atom is -0.387 e. The fraction of sp³-hybridized carbons (Fsp3) is 0.417. The molecule has 0 radical (unpaired) electrons. The maximum Gasteiger partial charge on any atom is 0.254 e.